The van der Waals surface area contributed by atoms with Crippen LogP contribution in [0.2, 0.25) is 10.0 Å². The highest BCUT2D eigenvalue weighted by molar-refractivity contribution is 6.37. The highest BCUT2D eigenvalue weighted by atomic mass is 35.5. The van der Waals surface area contributed by atoms with Gasteiger partial charge >= 0.3 is 0 Å². The second kappa shape index (κ2) is 13.7. The maximum atomic E-state index is 6.39. The maximum absolute atomic E-state index is 6.39. The zero-order valence-electron chi connectivity index (χ0n) is 20.7. The van der Waals surface area contributed by atoms with Crippen LogP contribution in [0, 0.1) is 0 Å². The summed E-state index contributed by atoms with van der Waals surface area (Å²) in [4.78, 5) is 12.6. The second-order valence-electron chi connectivity index (χ2n) is 8.01. The zero-order valence-corrected chi connectivity index (χ0v) is 22.3. The number of hydrogen-bond acceptors (Lipinski definition) is 9. The van der Waals surface area contributed by atoms with Gasteiger partial charge in [0.05, 0.1) is 29.5 Å². The molecule has 0 spiro atoms. The van der Waals surface area contributed by atoms with Gasteiger partial charge in [0.1, 0.15) is 24.8 Å². The van der Waals surface area contributed by atoms with Gasteiger partial charge in [-0.25, -0.2) is 0 Å². The average Bonchev–Trinajstić information content (AvgIpc) is 2.85. The van der Waals surface area contributed by atoms with E-state index in [-0.39, 0.29) is 0 Å². The quantitative estimate of drug-likeness (QED) is 0.190. The molecule has 1 N–H and O–H groups in total. The smallest absolute Gasteiger partial charge is 0.228 e. The third-order valence-corrected chi connectivity index (χ3v) is 5.25. The molecule has 11 heteroatoms. The van der Waals surface area contributed by atoms with E-state index < -0.39 is 0 Å². The van der Waals surface area contributed by atoms with Crippen LogP contribution in [-0.2, 0) is 4.74 Å². The highest BCUT2D eigenvalue weighted by Gasteiger charge is 2.10. The van der Waals surface area contributed by atoms with Gasteiger partial charge in [-0.2, -0.15) is 15.1 Å². The zero-order chi connectivity index (χ0) is 25.9. The van der Waals surface area contributed by atoms with Crippen LogP contribution in [-0.4, -0.2) is 70.8 Å². The molecule has 192 valence electrons. The molecule has 0 saturated heterocycles. The molecule has 9 nitrogen and oxygen atoms in total. The molecule has 0 saturated carbocycles. The van der Waals surface area contributed by atoms with Crippen molar-refractivity contribution in [1.29, 1.82) is 0 Å². The fraction of sp³-hybridized carbons (Fsp3) is 0.320. The molecule has 36 heavy (non-hydrogen) atoms. The minimum absolute atomic E-state index is 0.301. The number of benzene rings is 2. The van der Waals surface area contributed by atoms with E-state index in [4.69, 9.17) is 37.4 Å². The standard InChI is InChI=1S/C25H30Cl2N6O3/c1-32(2)23-16-22(29-25(30-23)33(3)4)31-28-17-18-14-20(26)24(21(27)15-18)36-13-11-34-10-12-35-19-8-6-5-7-9-19/h5-9,14-17H,10-13H2,1-4H3,(H,29,30,31)/b28-17-. The molecular weight excluding hydrogens is 503 g/mol. The minimum Gasteiger partial charge on any atom is -0.491 e. The van der Waals surface area contributed by atoms with Gasteiger partial charge in [-0.1, -0.05) is 41.4 Å². The lowest BCUT2D eigenvalue weighted by Crippen LogP contribution is -2.17. The molecule has 0 unspecified atom stereocenters. The van der Waals surface area contributed by atoms with E-state index in [1.165, 1.54) is 0 Å². The normalized spacial score (nSPS) is 10.9. The summed E-state index contributed by atoms with van der Waals surface area (Å²) in [7, 11) is 7.58. The third-order valence-electron chi connectivity index (χ3n) is 4.69. The molecule has 2 aromatic carbocycles. The van der Waals surface area contributed by atoms with Gasteiger partial charge in [-0.15, -0.1) is 0 Å². The molecule has 0 bridgehead atoms. The molecule has 0 aliphatic carbocycles. The van der Waals surface area contributed by atoms with Crippen LogP contribution < -0.4 is 24.7 Å². The Hall–Kier alpha value is -3.27. The van der Waals surface area contributed by atoms with E-state index >= 15 is 0 Å². The highest BCUT2D eigenvalue weighted by Crippen LogP contribution is 2.33. The van der Waals surface area contributed by atoms with Crippen LogP contribution >= 0.6 is 23.2 Å². The first-order valence-electron chi connectivity index (χ1n) is 11.2. The largest absolute Gasteiger partial charge is 0.491 e. The predicted molar refractivity (Wildman–Crippen MR) is 147 cm³/mol. The van der Waals surface area contributed by atoms with Crippen LogP contribution in [0.1, 0.15) is 5.56 Å². The van der Waals surface area contributed by atoms with Crippen LogP contribution in [0.3, 0.4) is 0 Å². The summed E-state index contributed by atoms with van der Waals surface area (Å²) in [6, 6.07) is 14.8. The fourth-order valence-corrected chi connectivity index (χ4v) is 3.53. The molecule has 0 aliphatic heterocycles. The van der Waals surface area contributed by atoms with E-state index in [1.54, 1.807) is 24.4 Å². The molecular formula is C25H30Cl2N6O3. The van der Waals surface area contributed by atoms with Crippen LogP contribution in [0.5, 0.6) is 11.5 Å². The lowest BCUT2D eigenvalue weighted by Gasteiger charge is -2.17. The summed E-state index contributed by atoms with van der Waals surface area (Å²) < 4.78 is 16.8. The summed E-state index contributed by atoms with van der Waals surface area (Å²) in [5.41, 5.74) is 3.63. The number of hydrazone groups is 1. The van der Waals surface area contributed by atoms with Crippen molar-refractivity contribution in [2.45, 2.75) is 0 Å². The Labute approximate surface area is 221 Å². The molecule has 1 heterocycles. The maximum Gasteiger partial charge on any atom is 0.228 e. The molecule has 0 amide bonds. The van der Waals surface area contributed by atoms with E-state index in [0.717, 1.165) is 11.6 Å². The Balaban J connectivity index is 1.48. The lowest BCUT2D eigenvalue weighted by atomic mass is 10.2. The molecule has 1 aromatic heterocycles. The van der Waals surface area contributed by atoms with Crippen LogP contribution in [0.4, 0.5) is 17.6 Å². The molecule has 3 aromatic rings. The number of ether oxygens (including phenoxy) is 3. The Morgan fingerprint density at radius 1 is 0.861 bits per heavy atom. The van der Waals surface area contributed by atoms with E-state index in [0.29, 0.717) is 59.6 Å². The number of aromatic nitrogens is 2. The molecule has 0 fully saturated rings. The van der Waals surface area contributed by atoms with E-state index in [1.807, 2.05) is 68.3 Å². The van der Waals surface area contributed by atoms with Crippen molar-refractivity contribution in [1.82, 2.24) is 9.97 Å². The Kier molecular flexibility index (Phi) is 10.4. The first-order chi connectivity index (χ1) is 17.3. The SMILES string of the molecule is CN(C)c1cc(N/N=C\c2cc(Cl)c(OCCOCCOc3ccccc3)c(Cl)c2)nc(N(C)C)n1. The Morgan fingerprint density at radius 3 is 2.17 bits per heavy atom. The van der Waals surface area contributed by atoms with Crippen LogP contribution in [0.15, 0.2) is 53.6 Å². The van der Waals surface area contributed by atoms with Gasteiger partial charge in [-0.3, -0.25) is 5.43 Å². The summed E-state index contributed by atoms with van der Waals surface area (Å²) >= 11 is 12.8. The third kappa shape index (κ3) is 8.44. The summed E-state index contributed by atoms with van der Waals surface area (Å²) in [5.74, 6) is 3.09. The second-order valence-corrected chi connectivity index (χ2v) is 8.82. The Morgan fingerprint density at radius 2 is 1.53 bits per heavy atom. The van der Waals surface area contributed by atoms with Crippen molar-refractivity contribution in [2.24, 2.45) is 5.10 Å². The van der Waals surface area contributed by atoms with Gasteiger partial charge in [0.15, 0.2) is 11.6 Å². The van der Waals surface area contributed by atoms with Crippen molar-refractivity contribution in [3.63, 3.8) is 0 Å². The van der Waals surface area contributed by atoms with Crippen LogP contribution in [0.25, 0.3) is 0 Å². The Bertz CT molecular complexity index is 1100. The van der Waals surface area contributed by atoms with E-state index in [9.17, 15) is 0 Å². The van der Waals surface area contributed by atoms with Crippen molar-refractivity contribution in [3.8, 4) is 11.5 Å². The molecule has 0 atom stereocenters. The lowest BCUT2D eigenvalue weighted by molar-refractivity contribution is 0.0765. The molecule has 3 rings (SSSR count). The molecule has 0 aliphatic rings. The van der Waals surface area contributed by atoms with Crippen molar-refractivity contribution < 1.29 is 14.2 Å². The molecule has 0 radical (unpaired) electrons. The first kappa shape index (κ1) is 27.3. The van der Waals surface area contributed by atoms with Crippen molar-refractivity contribution >= 4 is 47.0 Å². The monoisotopic (exact) mass is 532 g/mol. The van der Waals surface area contributed by atoms with Gasteiger partial charge in [-0.05, 0) is 29.8 Å². The number of halogens is 2. The van der Waals surface area contributed by atoms with Gasteiger partial charge in [0.2, 0.25) is 5.95 Å². The van der Waals surface area contributed by atoms with Gasteiger partial charge in [0.25, 0.3) is 0 Å². The predicted octanol–water partition coefficient (Wildman–Crippen LogP) is 4.84. The average molecular weight is 533 g/mol. The minimum atomic E-state index is 0.301. The number of anilines is 3. The number of rotatable bonds is 13. The van der Waals surface area contributed by atoms with Crippen molar-refractivity contribution in [2.75, 3.05) is 69.8 Å². The topological polar surface area (TPSA) is 84.3 Å². The number of para-hydroxylation sites is 1. The first-order valence-corrected chi connectivity index (χ1v) is 12.0. The van der Waals surface area contributed by atoms with Gasteiger partial charge < -0.3 is 24.0 Å². The number of nitrogens with zero attached hydrogens (tertiary/aromatic N) is 5. The summed E-state index contributed by atoms with van der Waals surface area (Å²) in [6.07, 6.45) is 1.60. The summed E-state index contributed by atoms with van der Waals surface area (Å²) in [6.45, 7) is 1.58. The summed E-state index contributed by atoms with van der Waals surface area (Å²) in [5, 5.41) is 5.01. The number of nitrogens with one attached hydrogen (secondary N) is 1. The van der Waals surface area contributed by atoms with Gasteiger partial charge in [0, 0.05) is 34.3 Å². The fourth-order valence-electron chi connectivity index (χ4n) is 2.91. The van der Waals surface area contributed by atoms with E-state index in [2.05, 4.69) is 20.5 Å². The van der Waals surface area contributed by atoms with Crippen molar-refractivity contribution in [3.05, 3.63) is 64.1 Å². The number of hydrogen-bond donors (Lipinski definition) is 1.